The molecule has 1 amide bonds. The van der Waals surface area contributed by atoms with Crippen LogP contribution in [0, 0.1) is 5.41 Å². The Morgan fingerprint density at radius 1 is 1.31 bits per heavy atom. The van der Waals surface area contributed by atoms with E-state index in [1.807, 2.05) is 11.9 Å². The highest BCUT2D eigenvalue weighted by atomic mass is 16.2. The number of piperidine rings is 2. The largest absolute Gasteiger partial charge is 0.345 e. The Bertz CT molecular complexity index is 209. The summed E-state index contributed by atoms with van der Waals surface area (Å²) in [7, 11) is 1.94. The lowest BCUT2D eigenvalue weighted by atomic mass is 9.73. The van der Waals surface area contributed by atoms with Gasteiger partial charge in [-0.1, -0.05) is 0 Å². The average Bonchev–Trinajstić information content (AvgIpc) is 2.14. The van der Waals surface area contributed by atoms with Gasteiger partial charge in [0, 0.05) is 20.0 Å². The third-order valence-corrected chi connectivity index (χ3v) is 3.53. The molecule has 2 saturated heterocycles. The molecule has 0 aliphatic carbocycles. The van der Waals surface area contributed by atoms with E-state index in [9.17, 15) is 4.79 Å². The van der Waals surface area contributed by atoms with Gasteiger partial charge < -0.3 is 10.2 Å². The van der Waals surface area contributed by atoms with E-state index < -0.39 is 0 Å². The molecule has 2 fully saturated rings. The molecule has 13 heavy (non-hydrogen) atoms. The van der Waals surface area contributed by atoms with E-state index in [0.29, 0.717) is 11.3 Å². The first-order valence-electron chi connectivity index (χ1n) is 5.17. The lowest BCUT2D eigenvalue weighted by molar-refractivity contribution is -0.136. The first kappa shape index (κ1) is 9.00. The molecule has 2 heterocycles. The lowest BCUT2D eigenvalue weighted by Crippen LogP contribution is -2.49. The Balaban J connectivity index is 2.02. The summed E-state index contributed by atoms with van der Waals surface area (Å²) in [6.45, 7) is 3.23. The van der Waals surface area contributed by atoms with Gasteiger partial charge in [0.05, 0.1) is 0 Å². The Morgan fingerprint density at radius 3 is 2.62 bits per heavy atom. The quantitative estimate of drug-likeness (QED) is 0.595. The number of carbonyl (C=O) groups excluding carboxylic acids is 1. The van der Waals surface area contributed by atoms with Crippen LogP contribution in [-0.2, 0) is 4.79 Å². The van der Waals surface area contributed by atoms with Crippen molar-refractivity contribution in [3.8, 4) is 0 Å². The molecular weight excluding hydrogens is 164 g/mol. The smallest absolute Gasteiger partial charge is 0.222 e. The number of hydrogen-bond donors (Lipinski definition) is 1. The minimum atomic E-state index is 0.323. The number of hydrogen-bond acceptors (Lipinski definition) is 2. The minimum Gasteiger partial charge on any atom is -0.345 e. The van der Waals surface area contributed by atoms with Crippen LogP contribution >= 0.6 is 0 Å². The van der Waals surface area contributed by atoms with Crippen molar-refractivity contribution in [3.05, 3.63) is 0 Å². The monoisotopic (exact) mass is 182 g/mol. The van der Waals surface area contributed by atoms with Crippen molar-refractivity contribution in [1.82, 2.24) is 10.2 Å². The molecule has 0 bridgehead atoms. The van der Waals surface area contributed by atoms with Gasteiger partial charge in [-0.3, -0.25) is 4.79 Å². The zero-order valence-corrected chi connectivity index (χ0v) is 8.31. The second-order valence-electron chi connectivity index (χ2n) is 4.50. The van der Waals surface area contributed by atoms with Gasteiger partial charge in [-0.2, -0.15) is 0 Å². The highest BCUT2D eigenvalue weighted by molar-refractivity contribution is 5.76. The number of nitrogens with zero attached hydrogens (tertiary/aromatic N) is 1. The molecule has 1 N–H and O–H groups in total. The molecule has 2 rings (SSSR count). The fourth-order valence-corrected chi connectivity index (χ4v) is 2.60. The molecule has 0 aromatic heterocycles. The first-order valence-corrected chi connectivity index (χ1v) is 5.17. The lowest BCUT2D eigenvalue weighted by Gasteiger charge is -2.44. The van der Waals surface area contributed by atoms with Crippen LogP contribution < -0.4 is 5.32 Å². The minimum absolute atomic E-state index is 0.323. The molecule has 74 valence electrons. The molecule has 0 aromatic rings. The van der Waals surface area contributed by atoms with Gasteiger partial charge in [-0.05, 0) is 37.8 Å². The van der Waals surface area contributed by atoms with Gasteiger partial charge in [0.25, 0.3) is 0 Å². The predicted molar refractivity (Wildman–Crippen MR) is 51.4 cm³/mol. The van der Waals surface area contributed by atoms with Crippen LogP contribution in [0.4, 0.5) is 0 Å². The Kier molecular flexibility index (Phi) is 2.28. The second-order valence-corrected chi connectivity index (χ2v) is 4.50. The van der Waals surface area contributed by atoms with Crippen LogP contribution in [0.3, 0.4) is 0 Å². The van der Waals surface area contributed by atoms with Crippen molar-refractivity contribution in [2.75, 3.05) is 26.7 Å². The van der Waals surface area contributed by atoms with E-state index in [1.165, 1.54) is 12.8 Å². The maximum Gasteiger partial charge on any atom is 0.222 e. The molecule has 0 aromatic carbocycles. The van der Waals surface area contributed by atoms with Gasteiger partial charge in [0.1, 0.15) is 0 Å². The van der Waals surface area contributed by atoms with Crippen molar-refractivity contribution in [3.63, 3.8) is 0 Å². The fourth-order valence-electron chi connectivity index (χ4n) is 2.60. The average molecular weight is 182 g/mol. The van der Waals surface area contributed by atoms with Gasteiger partial charge >= 0.3 is 0 Å². The summed E-state index contributed by atoms with van der Waals surface area (Å²) in [6.07, 6.45) is 4.35. The molecule has 2 aliphatic heterocycles. The Hall–Kier alpha value is -0.570. The van der Waals surface area contributed by atoms with Gasteiger partial charge in [-0.15, -0.1) is 0 Å². The van der Waals surface area contributed by atoms with Crippen LogP contribution in [0.1, 0.15) is 25.7 Å². The van der Waals surface area contributed by atoms with Crippen molar-refractivity contribution >= 4 is 5.91 Å². The van der Waals surface area contributed by atoms with Gasteiger partial charge in [0.15, 0.2) is 0 Å². The molecule has 0 radical (unpaired) electrons. The van der Waals surface area contributed by atoms with Crippen molar-refractivity contribution in [2.24, 2.45) is 5.41 Å². The maximum atomic E-state index is 11.3. The molecule has 0 unspecified atom stereocenters. The fraction of sp³-hybridized carbons (Fsp3) is 0.900. The molecule has 1 spiro atoms. The van der Waals surface area contributed by atoms with Crippen LogP contribution in [-0.4, -0.2) is 37.5 Å². The Labute approximate surface area is 79.5 Å². The van der Waals surface area contributed by atoms with Gasteiger partial charge in [-0.25, -0.2) is 0 Å². The summed E-state index contributed by atoms with van der Waals surface area (Å²) in [6, 6.07) is 0. The molecular formula is C10H18N2O. The maximum absolute atomic E-state index is 11.3. The van der Waals surface area contributed by atoms with E-state index in [-0.39, 0.29) is 0 Å². The summed E-state index contributed by atoms with van der Waals surface area (Å²) in [5.41, 5.74) is 0.452. The topological polar surface area (TPSA) is 32.3 Å². The van der Waals surface area contributed by atoms with Crippen LogP contribution in [0.15, 0.2) is 0 Å². The zero-order chi connectivity index (χ0) is 9.31. The first-order chi connectivity index (χ1) is 6.22. The third-order valence-electron chi connectivity index (χ3n) is 3.53. The third kappa shape index (κ3) is 1.70. The molecule has 3 nitrogen and oxygen atoms in total. The van der Waals surface area contributed by atoms with Crippen molar-refractivity contribution < 1.29 is 4.79 Å². The molecule has 2 aliphatic rings. The van der Waals surface area contributed by atoms with E-state index in [1.54, 1.807) is 0 Å². The van der Waals surface area contributed by atoms with Gasteiger partial charge in [0.2, 0.25) is 5.91 Å². The number of carbonyl (C=O) groups is 1. The summed E-state index contributed by atoms with van der Waals surface area (Å²) < 4.78 is 0. The number of rotatable bonds is 0. The Morgan fingerprint density at radius 2 is 2.00 bits per heavy atom. The van der Waals surface area contributed by atoms with Crippen LogP contribution in [0.2, 0.25) is 0 Å². The van der Waals surface area contributed by atoms with E-state index in [2.05, 4.69) is 5.32 Å². The SMILES string of the molecule is CN1CC2(CCNCC2)CCC1=O. The number of amides is 1. The second kappa shape index (κ2) is 3.29. The van der Waals surface area contributed by atoms with E-state index in [0.717, 1.165) is 32.5 Å². The summed E-state index contributed by atoms with van der Waals surface area (Å²) in [4.78, 5) is 13.2. The van der Waals surface area contributed by atoms with Crippen LogP contribution in [0.25, 0.3) is 0 Å². The normalized spacial score (nSPS) is 28.1. The van der Waals surface area contributed by atoms with E-state index in [4.69, 9.17) is 0 Å². The highest BCUT2D eigenvalue weighted by Gasteiger charge is 2.37. The standard InChI is InChI=1S/C10H18N2O/c1-12-8-10(3-2-9(12)13)4-6-11-7-5-10/h11H,2-8H2,1H3. The number of likely N-dealkylation sites (tertiary alicyclic amines) is 1. The number of nitrogens with one attached hydrogen (secondary N) is 1. The highest BCUT2D eigenvalue weighted by Crippen LogP contribution is 2.37. The van der Waals surface area contributed by atoms with E-state index >= 15 is 0 Å². The molecule has 0 atom stereocenters. The molecule has 3 heteroatoms. The zero-order valence-electron chi connectivity index (χ0n) is 8.31. The summed E-state index contributed by atoms with van der Waals surface area (Å²) >= 11 is 0. The summed E-state index contributed by atoms with van der Waals surface area (Å²) in [5.74, 6) is 0.323. The van der Waals surface area contributed by atoms with Crippen LogP contribution in [0.5, 0.6) is 0 Å². The predicted octanol–water partition coefficient (Wildman–Crippen LogP) is 0.608. The molecule has 0 saturated carbocycles. The van der Waals surface area contributed by atoms with Crippen molar-refractivity contribution in [1.29, 1.82) is 0 Å². The van der Waals surface area contributed by atoms with Crippen molar-refractivity contribution in [2.45, 2.75) is 25.7 Å². The summed E-state index contributed by atoms with van der Waals surface area (Å²) in [5, 5.41) is 3.38.